The first-order valence-electron chi connectivity index (χ1n) is 5.27. The molecule has 3 N–H and O–H groups in total. The normalized spacial score (nSPS) is 25.6. The van der Waals surface area contributed by atoms with Crippen LogP contribution in [0.1, 0.15) is 17.7 Å². The van der Waals surface area contributed by atoms with E-state index in [2.05, 4.69) is 10.7 Å². The molecule has 2 atom stereocenters. The molecule has 6 heteroatoms. The lowest BCUT2D eigenvalue weighted by atomic mass is 9.93. The van der Waals surface area contributed by atoms with Gasteiger partial charge in [-0.1, -0.05) is 12.1 Å². The van der Waals surface area contributed by atoms with Crippen LogP contribution in [0.5, 0.6) is 0 Å². The second-order valence-corrected chi connectivity index (χ2v) is 5.09. The second kappa shape index (κ2) is 5.73. The molecule has 0 aromatic heterocycles. The van der Waals surface area contributed by atoms with Crippen molar-refractivity contribution in [3.05, 3.63) is 29.8 Å². The van der Waals surface area contributed by atoms with Crippen LogP contribution in [0.15, 0.2) is 29.3 Å². The first kappa shape index (κ1) is 15.0. The molecule has 0 saturated heterocycles. The molecule has 1 aliphatic heterocycles. The first-order chi connectivity index (χ1) is 8.08. The fourth-order valence-corrected chi connectivity index (χ4v) is 3.00. The summed E-state index contributed by atoms with van der Waals surface area (Å²) in [5.41, 5.74) is 6.76. The molecule has 0 spiro atoms. The molecule has 0 fully saturated rings. The molecule has 0 saturated carbocycles. The smallest absolute Gasteiger partial charge is 0.335 e. The Morgan fingerprint density at radius 3 is 2.61 bits per heavy atom. The number of thioether (sulfide) groups is 1. The maximum Gasteiger partial charge on any atom is 0.335 e. The maximum atomic E-state index is 11.8. The van der Waals surface area contributed by atoms with E-state index in [-0.39, 0.29) is 23.6 Å². The number of nitrogens with zero attached hydrogens (tertiary/aromatic N) is 1. The first-order valence-corrected chi connectivity index (χ1v) is 6.21. The fraction of sp³-hybridized carbons (Fsp3) is 0.333. The van der Waals surface area contributed by atoms with Crippen molar-refractivity contribution in [3.8, 4) is 0 Å². The van der Waals surface area contributed by atoms with Crippen molar-refractivity contribution in [2.45, 2.75) is 17.7 Å². The molecule has 1 aromatic rings. The number of ether oxygens (including phenoxy) is 1. The Balaban J connectivity index is 0.00000162. The van der Waals surface area contributed by atoms with Crippen LogP contribution in [0.25, 0.3) is 0 Å². The van der Waals surface area contributed by atoms with Crippen molar-refractivity contribution in [3.63, 3.8) is 0 Å². The summed E-state index contributed by atoms with van der Waals surface area (Å²) in [4.78, 5) is 16.1. The molecule has 0 bridgehead atoms. The molecule has 0 aliphatic carbocycles. The number of carbonyl (C=O) groups is 1. The monoisotopic (exact) mass is 286 g/mol. The summed E-state index contributed by atoms with van der Waals surface area (Å²) in [7, 11) is 1.39. The molecule has 0 radical (unpaired) electrons. The Hall–Kier alpha value is -1.04. The highest BCUT2D eigenvalue weighted by molar-refractivity contribution is 8.12. The SMILES string of the molecule is COC(=O)C1(C)N=CSC1c1ccc([NH3+])cc1.[Cl-]. The number of rotatable bonds is 2. The largest absolute Gasteiger partial charge is 1.00 e. The molecular weight excluding hydrogens is 272 g/mol. The van der Waals surface area contributed by atoms with Crippen LogP contribution >= 0.6 is 11.8 Å². The molecular formula is C12H15ClN2O2S. The van der Waals surface area contributed by atoms with Crippen molar-refractivity contribution in [2.75, 3.05) is 7.11 Å². The Kier molecular flexibility index (Phi) is 4.78. The van der Waals surface area contributed by atoms with Crippen LogP contribution in [0, 0.1) is 0 Å². The van der Waals surface area contributed by atoms with Crippen molar-refractivity contribution in [2.24, 2.45) is 4.99 Å². The van der Waals surface area contributed by atoms with Gasteiger partial charge in [-0.3, -0.25) is 4.99 Å². The summed E-state index contributed by atoms with van der Waals surface area (Å²) in [5.74, 6) is -0.303. The zero-order valence-corrected chi connectivity index (χ0v) is 11.8. The summed E-state index contributed by atoms with van der Waals surface area (Å²) in [6, 6.07) is 7.84. The topological polar surface area (TPSA) is 66.3 Å². The lowest BCUT2D eigenvalue weighted by Gasteiger charge is -2.25. The number of hydrogen-bond acceptors (Lipinski definition) is 4. The molecule has 0 amide bonds. The Labute approximate surface area is 116 Å². The molecule has 1 aromatic carbocycles. The zero-order valence-electron chi connectivity index (χ0n) is 10.2. The maximum absolute atomic E-state index is 11.8. The van der Waals surface area contributed by atoms with Gasteiger partial charge in [0.1, 0.15) is 5.69 Å². The average molecular weight is 287 g/mol. The average Bonchev–Trinajstić information content (AvgIpc) is 2.73. The highest BCUT2D eigenvalue weighted by Gasteiger charge is 2.46. The molecule has 98 valence electrons. The quantitative estimate of drug-likeness (QED) is 0.660. The lowest BCUT2D eigenvalue weighted by molar-refractivity contribution is -0.254. The van der Waals surface area contributed by atoms with Gasteiger partial charge >= 0.3 is 5.97 Å². The Morgan fingerprint density at radius 2 is 2.06 bits per heavy atom. The van der Waals surface area contributed by atoms with Crippen molar-refractivity contribution in [1.82, 2.24) is 0 Å². The van der Waals surface area contributed by atoms with Gasteiger partial charge in [0.25, 0.3) is 0 Å². The van der Waals surface area contributed by atoms with Crippen LogP contribution in [0.2, 0.25) is 0 Å². The molecule has 2 rings (SSSR count). The third kappa shape index (κ3) is 2.53. The van der Waals surface area contributed by atoms with Crippen molar-refractivity contribution >= 4 is 29.0 Å². The number of esters is 1. The van der Waals surface area contributed by atoms with Gasteiger partial charge in [0, 0.05) is 0 Å². The third-order valence-electron chi connectivity index (χ3n) is 2.91. The van der Waals surface area contributed by atoms with E-state index in [9.17, 15) is 4.79 Å². The van der Waals surface area contributed by atoms with E-state index in [0.29, 0.717) is 0 Å². The van der Waals surface area contributed by atoms with Crippen molar-refractivity contribution in [1.29, 1.82) is 0 Å². The Bertz CT molecular complexity index is 464. The molecule has 1 heterocycles. The standard InChI is InChI=1S/C12H14N2O2S.ClH/c1-12(11(15)16-2)10(17-7-14-12)8-3-5-9(13)6-4-8;/h3-7,10H,13H2,1-2H3;1H. The third-order valence-corrected chi connectivity index (χ3v) is 4.14. The van der Waals surface area contributed by atoms with Gasteiger partial charge in [0.05, 0.1) is 17.9 Å². The summed E-state index contributed by atoms with van der Waals surface area (Å²) in [6.07, 6.45) is 0. The van der Waals surface area contributed by atoms with Crippen LogP contribution < -0.4 is 18.1 Å². The van der Waals surface area contributed by atoms with Gasteiger partial charge in [-0.05, 0) is 24.6 Å². The number of aliphatic imine (C=N–C) groups is 1. The number of hydrogen-bond donors (Lipinski definition) is 1. The number of methoxy groups -OCH3 is 1. The summed E-state index contributed by atoms with van der Waals surface area (Å²) < 4.78 is 4.83. The molecule has 1 aliphatic rings. The number of carbonyl (C=O) groups excluding carboxylic acids is 1. The van der Waals surface area contributed by atoms with Crippen LogP contribution in [0.3, 0.4) is 0 Å². The Morgan fingerprint density at radius 1 is 1.44 bits per heavy atom. The second-order valence-electron chi connectivity index (χ2n) is 4.13. The van der Waals surface area contributed by atoms with Gasteiger partial charge in [-0.25, -0.2) is 4.79 Å². The highest BCUT2D eigenvalue weighted by Crippen LogP contribution is 2.45. The van der Waals surface area contributed by atoms with E-state index in [4.69, 9.17) is 4.74 Å². The lowest BCUT2D eigenvalue weighted by Crippen LogP contribution is -3.00. The van der Waals surface area contributed by atoms with Gasteiger partial charge in [-0.15, -0.1) is 11.8 Å². The van der Waals surface area contributed by atoms with Crippen molar-refractivity contribution < 1.29 is 27.7 Å². The molecule has 4 nitrogen and oxygen atoms in total. The zero-order chi connectivity index (χ0) is 12.5. The van der Waals surface area contributed by atoms with E-state index in [1.54, 1.807) is 12.5 Å². The van der Waals surface area contributed by atoms with E-state index < -0.39 is 5.54 Å². The minimum absolute atomic E-state index is 0. The summed E-state index contributed by atoms with van der Waals surface area (Å²) >= 11 is 1.54. The van der Waals surface area contributed by atoms with Crippen LogP contribution in [-0.4, -0.2) is 24.2 Å². The van der Waals surface area contributed by atoms with E-state index in [1.807, 2.05) is 24.3 Å². The predicted octanol–water partition coefficient (Wildman–Crippen LogP) is -1.69. The molecule has 18 heavy (non-hydrogen) atoms. The predicted molar refractivity (Wildman–Crippen MR) is 68.2 cm³/mol. The highest BCUT2D eigenvalue weighted by atomic mass is 35.5. The number of benzene rings is 1. The summed E-state index contributed by atoms with van der Waals surface area (Å²) in [6.45, 7) is 1.80. The number of halogens is 1. The van der Waals surface area contributed by atoms with Gasteiger partial charge in [0.2, 0.25) is 0 Å². The van der Waals surface area contributed by atoms with Crippen LogP contribution in [-0.2, 0) is 9.53 Å². The van der Waals surface area contributed by atoms with E-state index in [0.717, 1.165) is 11.3 Å². The van der Waals surface area contributed by atoms with Crippen LogP contribution in [0.4, 0.5) is 5.69 Å². The minimum Gasteiger partial charge on any atom is -1.00 e. The minimum atomic E-state index is -0.831. The summed E-state index contributed by atoms with van der Waals surface area (Å²) in [5, 5.41) is -0.0319. The van der Waals surface area contributed by atoms with Gasteiger partial charge < -0.3 is 22.9 Å². The molecule has 2 unspecified atom stereocenters. The van der Waals surface area contributed by atoms with E-state index in [1.165, 1.54) is 18.9 Å². The van der Waals surface area contributed by atoms with Gasteiger partial charge in [0.15, 0.2) is 5.54 Å². The van der Waals surface area contributed by atoms with Gasteiger partial charge in [-0.2, -0.15) is 0 Å². The van der Waals surface area contributed by atoms with E-state index >= 15 is 0 Å². The number of quaternary nitrogens is 1. The fourth-order valence-electron chi connectivity index (χ4n) is 1.86.